The normalized spacial score (nSPS) is 12.9. The summed E-state index contributed by atoms with van der Waals surface area (Å²) in [6, 6.07) is -0.401. The zero-order valence-electron chi connectivity index (χ0n) is 7.74. The molecule has 1 aromatic rings. The van der Waals surface area contributed by atoms with Gasteiger partial charge in [0.2, 0.25) is 0 Å². The van der Waals surface area contributed by atoms with Gasteiger partial charge in [0.05, 0.1) is 6.04 Å². The predicted molar refractivity (Wildman–Crippen MR) is 48.7 cm³/mol. The van der Waals surface area contributed by atoms with Gasteiger partial charge in [-0.15, -0.1) is 0 Å². The quantitative estimate of drug-likeness (QED) is 0.757. The number of halogens is 2. The summed E-state index contributed by atoms with van der Waals surface area (Å²) in [7, 11) is 0. The lowest BCUT2D eigenvalue weighted by molar-refractivity contribution is 0.140. The zero-order valence-corrected chi connectivity index (χ0v) is 7.74. The molecular formula is C9H11F2N3. The van der Waals surface area contributed by atoms with E-state index in [0.29, 0.717) is 5.56 Å². The third-order valence-electron chi connectivity index (χ3n) is 1.78. The first-order chi connectivity index (χ1) is 6.52. The Morgan fingerprint density at radius 3 is 2.29 bits per heavy atom. The molecule has 5 heteroatoms. The van der Waals surface area contributed by atoms with Crippen molar-refractivity contribution in [2.45, 2.75) is 19.4 Å². The van der Waals surface area contributed by atoms with E-state index < -0.39 is 18.3 Å². The lowest BCUT2D eigenvalue weighted by Crippen LogP contribution is -2.12. The van der Waals surface area contributed by atoms with Crippen molar-refractivity contribution in [2.24, 2.45) is 5.73 Å². The van der Waals surface area contributed by atoms with Gasteiger partial charge in [-0.3, -0.25) is 0 Å². The van der Waals surface area contributed by atoms with E-state index >= 15 is 0 Å². The highest BCUT2D eigenvalue weighted by molar-refractivity contribution is 5.20. The van der Waals surface area contributed by atoms with Gasteiger partial charge in [-0.05, 0) is 6.92 Å². The van der Waals surface area contributed by atoms with Crippen molar-refractivity contribution < 1.29 is 8.78 Å². The van der Waals surface area contributed by atoms with Gasteiger partial charge in [0.25, 0.3) is 6.43 Å². The van der Waals surface area contributed by atoms with Gasteiger partial charge in [-0.25, -0.2) is 18.7 Å². The summed E-state index contributed by atoms with van der Waals surface area (Å²) in [6.45, 7) is 5.42. The molecule has 0 saturated carbocycles. The highest BCUT2D eigenvalue weighted by Crippen LogP contribution is 2.18. The molecule has 1 rings (SSSR count). The van der Waals surface area contributed by atoms with Crippen molar-refractivity contribution in [1.82, 2.24) is 9.97 Å². The van der Waals surface area contributed by atoms with E-state index in [1.807, 2.05) is 0 Å². The highest BCUT2D eigenvalue weighted by Gasteiger charge is 2.12. The molecule has 0 saturated heterocycles. The summed E-state index contributed by atoms with van der Waals surface area (Å²) in [5.41, 5.74) is 7.02. The highest BCUT2D eigenvalue weighted by atomic mass is 19.3. The smallest absolute Gasteiger partial charge is 0.297 e. The van der Waals surface area contributed by atoms with Crippen LogP contribution in [-0.2, 0) is 0 Å². The van der Waals surface area contributed by atoms with E-state index in [1.54, 1.807) is 6.92 Å². The maximum atomic E-state index is 12.1. The summed E-state index contributed by atoms with van der Waals surface area (Å²) in [5, 5.41) is 0. The number of hydrogen-bond acceptors (Lipinski definition) is 3. The Balaban J connectivity index is 2.88. The lowest BCUT2D eigenvalue weighted by Gasteiger charge is -2.10. The van der Waals surface area contributed by atoms with Crippen molar-refractivity contribution in [2.75, 3.05) is 0 Å². The van der Waals surface area contributed by atoms with E-state index in [9.17, 15) is 8.78 Å². The van der Waals surface area contributed by atoms with Crippen LogP contribution in [0.3, 0.4) is 0 Å². The number of nitrogens with zero attached hydrogens (tertiary/aromatic N) is 2. The molecule has 0 radical (unpaired) electrons. The minimum atomic E-state index is -2.65. The molecule has 0 unspecified atom stereocenters. The maximum Gasteiger partial charge on any atom is 0.297 e. The van der Waals surface area contributed by atoms with Gasteiger partial charge in [0.15, 0.2) is 5.82 Å². The average Bonchev–Trinajstić information content (AvgIpc) is 2.16. The minimum absolute atomic E-state index is 0.401. The Kier molecular flexibility index (Phi) is 3.24. The third-order valence-corrected chi connectivity index (χ3v) is 1.78. The lowest BCUT2D eigenvalue weighted by atomic mass is 10.1. The fourth-order valence-corrected chi connectivity index (χ4v) is 0.906. The van der Waals surface area contributed by atoms with Crippen LogP contribution in [0.1, 0.15) is 30.8 Å². The molecule has 14 heavy (non-hydrogen) atoms. The topological polar surface area (TPSA) is 51.8 Å². The monoisotopic (exact) mass is 199 g/mol. The zero-order chi connectivity index (χ0) is 10.7. The number of hydrogen-bond donors (Lipinski definition) is 1. The third kappa shape index (κ3) is 2.32. The van der Waals surface area contributed by atoms with E-state index in [0.717, 1.165) is 5.57 Å². The second-order valence-corrected chi connectivity index (χ2v) is 3.00. The van der Waals surface area contributed by atoms with Crippen LogP contribution in [0.2, 0.25) is 0 Å². The van der Waals surface area contributed by atoms with Crippen molar-refractivity contribution >= 4 is 0 Å². The fourth-order valence-electron chi connectivity index (χ4n) is 0.906. The molecule has 76 valence electrons. The van der Waals surface area contributed by atoms with Crippen LogP contribution in [0.15, 0.2) is 24.5 Å². The van der Waals surface area contributed by atoms with Crippen LogP contribution in [0.25, 0.3) is 0 Å². The van der Waals surface area contributed by atoms with Gasteiger partial charge in [-0.2, -0.15) is 0 Å². The summed E-state index contributed by atoms with van der Waals surface area (Å²) in [5.74, 6) is -0.484. The van der Waals surface area contributed by atoms with Crippen LogP contribution in [0.5, 0.6) is 0 Å². The second-order valence-electron chi connectivity index (χ2n) is 3.00. The number of rotatable bonds is 3. The van der Waals surface area contributed by atoms with Crippen LogP contribution in [0, 0.1) is 0 Å². The Bertz CT molecular complexity index is 321. The Labute approximate surface area is 80.7 Å². The molecule has 0 fully saturated rings. The van der Waals surface area contributed by atoms with E-state index in [1.165, 1.54) is 12.4 Å². The van der Waals surface area contributed by atoms with Crippen molar-refractivity contribution in [3.05, 3.63) is 35.9 Å². The predicted octanol–water partition coefficient (Wildman–Crippen LogP) is 1.99. The van der Waals surface area contributed by atoms with Crippen molar-refractivity contribution in [3.63, 3.8) is 0 Å². The molecule has 0 bridgehead atoms. The largest absolute Gasteiger partial charge is 0.320 e. The van der Waals surface area contributed by atoms with Crippen LogP contribution in [0.4, 0.5) is 8.78 Å². The standard InChI is InChI=1S/C9H11F2N3/c1-5(2)7(12)6-3-13-9(8(10)11)14-4-6/h3-4,7-8H,1,12H2,2H3/t7-/m1/s1. The van der Waals surface area contributed by atoms with E-state index in [-0.39, 0.29) is 0 Å². The van der Waals surface area contributed by atoms with Crippen molar-refractivity contribution in [3.8, 4) is 0 Å². The van der Waals surface area contributed by atoms with E-state index in [2.05, 4.69) is 16.5 Å². The Morgan fingerprint density at radius 1 is 1.43 bits per heavy atom. The van der Waals surface area contributed by atoms with Gasteiger partial charge in [0.1, 0.15) is 0 Å². The maximum absolute atomic E-state index is 12.1. The van der Waals surface area contributed by atoms with Crippen LogP contribution < -0.4 is 5.73 Å². The van der Waals surface area contributed by atoms with Gasteiger partial charge >= 0.3 is 0 Å². The molecule has 0 spiro atoms. The molecule has 1 atom stereocenters. The minimum Gasteiger partial charge on any atom is -0.320 e. The first-order valence-electron chi connectivity index (χ1n) is 4.03. The first kappa shape index (κ1) is 10.7. The summed E-state index contributed by atoms with van der Waals surface area (Å²) < 4.78 is 24.2. The Morgan fingerprint density at radius 2 is 1.93 bits per heavy atom. The summed E-state index contributed by atoms with van der Waals surface area (Å²) in [6.07, 6.45) is -0.0492. The second kappa shape index (κ2) is 4.23. The summed E-state index contributed by atoms with van der Waals surface area (Å²) >= 11 is 0. The molecule has 0 aromatic carbocycles. The number of nitrogens with two attached hydrogens (primary N) is 1. The van der Waals surface area contributed by atoms with Crippen LogP contribution >= 0.6 is 0 Å². The van der Waals surface area contributed by atoms with Gasteiger partial charge in [0, 0.05) is 18.0 Å². The van der Waals surface area contributed by atoms with Crippen LogP contribution in [-0.4, -0.2) is 9.97 Å². The molecule has 0 aliphatic rings. The van der Waals surface area contributed by atoms with Gasteiger partial charge < -0.3 is 5.73 Å². The average molecular weight is 199 g/mol. The summed E-state index contributed by atoms with van der Waals surface area (Å²) in [4.78, 5) is 7.00. The SMILES string of the molecule is C=C(C)[C@@H](N)c1cnc(C(F)F)nc1. The molecule has 3 nitrogen and oxygen atoms in total. The fraction of sp³-hybridized carbons (Fsp3) is 0.333. The molecule has 0 aliphatic carbocycles. The molecule has 1 heterocycles. The van der Waals surface area contributed by atoms with Gasteiger partial charge in [-0.1, -0.05) is 12.2 Å². The van der Waals surface area contributed by atoms with Crippen molar-refractivity contribution in [1.29, 1.82) is 0 Å². The first-order valence-corrected chi connectivity index (χ1v) is 4.03. The molecule has 2 N–H and O–H groups in total. The van der Waals surface area contributed by atoms with E-state index in [4.69, 9.17) is 5.73 Å². The Hall–Kier alpha value is -1.36. The molecule has 1 aromatic heterocycles. The number of alkyl halides is 2. The molecular weight excluding hydrogens is 188 g/mol. The number of aromatic nitrogens is 2. The molecule has 0 aliphatic heterocycles. The molecule has 0 amide bonds.